The molecular weight excluding hydrogens is 260 g/mol. The summed E-state index contributed by atoms with van der Waals surface area (Å²) in [5.41, 5.74) is 0.389. The van der Waals surface area contributed by atoms with E-state index in [1.807, 2.05) is 32.6 Å². The summed E-state index contributed by atoms with van der Waals surface area (Å²) in [6.07, 6.45) is 0. The lowest BCUT2D eigenvalue weighted by atomic mass is 10.1. The van der Waals surface area contributed by atoms with E-state index in [1.165, 1.54) is 18.2 Å². The van der Waals surface area contributed by atoms with Crippen molar-refractivity contribution in [3.8, 4) is 0 Å². The van der Waals surface area contributed by atoms with Crippen LogP contribution in [0, 0.1) is 16.0 Å². The smallest absolute Gasteiger partial charge is 0.337 e. The third-order valence-corrected chi connectivity index (χ3v) is 2.92. The second-order valence-corrected chi connectivity index (χ2v) is 5.40. The fourth-order valence-corrected chi connectivity index (χ4v) is 2.03. The van der Waals surface area contributed by atoms with E-state index in [0.717, 1.165) is 0 Å². The Balaban J connectivity index is 3.38. The fourth-order valence-electron chi connectivity index (χ4n) is 2.03. The van der Waals surface area contributed by atoms with Crippen LogP contribution in [0.3, 0.4) is 0 Å². The maximum Gasteiger partial charge on any atom is 0.337 e. The first-order valence-electron chi connectivity index (χ1n) is 6.52. The number of nitrogens with zero attached hydrogens (tertiary/aromatic N) is 2. The van der Waals surface area contributed by atoms with Gasteiger partial charge in [0.2, 0.25) is 0 Å². The Morgan fingerprint density at radius 2 is 1.95 bits per heavy atom. The van der Waals surface area contributed by atoms with E-state index >= 15 is 0 Å². The van der Waals surface area contributed by atoms with Crippen LogP contribution in [0.1, 0.15) is 38.1 Å². The second-order valence-electron chi connectivity index (χ2n) is 5.40. The van der Waals surface area contributed by atoms with Crippen LogP contribution in [-0.2, 0) is 0 Å². The van der Waals surface area contributed by atoms with E-state index in [1.54, 1.807) is 0 Å². The van der Waals surface area contributed by atoms with E-state index in [0.29, 0.717) is 18.2 Å². The maximum atomic E-state index is 11.3. The minimum atomic E-state index is -1.08. The normalized spacial score (nSPS) is 10.9. The molecule has 0 heterocycles. The van der Waals surface area contributed by atoms with Gasteiger partial charge in [0.05, 0.1) is 16.2 Å². The number of carboxylic acid groups (broad SMARTS) is 1. The quantitative estimate of drug-likeness (QED) is 0.639. The first-order valence-corrected chi connectivity index (χ1v) is 6.52. The average Bonchev–Trinajstić information content (AvgIpc) is 2.34. The van der Waals surface area contributed by atoms with Gasteiger partial charge >= 0.3 is 5.97 Å². The van der Waals surface area contributed by atoms with Crippen molar-refractivity contribution in [2.45, 2.75) is 33.7 Å². The average molecular weight is 280 g/mol. The van der Waals surface area contributed by atoms with Gasteiger partial charge in [-0.2, -0.15) is 0 Å². The molecule has 1 N–H and O–H groups in total. The molecule has 0 fully saturated rings. The number of carbonyl (C=O) groups is 1. The van der Waals surface area contributed by atoms with Crippen molar-refractivity contribution in [1.82, 2.24) is 0 Å². The highest BCUT2D eigenvalue weighted by Crippen LogP contribution is 2.28. The van der Waals surface area contributed by atoms with Gasteiger partial charge in [0.15, 0.2) is 0 Å². The zero-order valence-corrected chi connectivity index (χ0v) is 12.2. The summed E-state index contributed by atoms with van der Waals surface area (Å²) in [7, 11) is 0. The predicted octanol–water partition coefficient (Wildman–Crippen LogP) is 3.16. The topological polar surface area (TPSA) is 83.7 Å². The lowest BCUT2D eigenvalue weighted by molar-refractivity contribution is -0.384. The van der Waals surface area contributed by atoms with Gasteiger partial charge in [0.25, 0.3) is 5.69 Å². The van der Waals surface area contributed by atoms with Crippen LogP contribution < -0.4 is 4.90 Å². The van der Waals surface area contributed by atoms with E-state index in [-0.39, 0.29) is 17.3 Å². The van der Waals surface area contributed by atoms with Crippen LogP contribution in [0.15, 0.2) is 18.2 Å². The zero-order chi connectivity index (χ0) is 15.4. The van der Waals surface area contributed by atoms with Gasteiger partial charge in [0, 0.05) is 24.7 Å². The molecule has 0 atom stereocenters. The van der Waals surface area contributed by atoms with Gasteiger partial charge in [-0.15, -0.1) is 0 Å². The molecule has 0 bridgehead atoms. The van der Waals surface area contributed by atoms with Crippen LogP contribution >= 0.6 is 0 Å². The van der Waals surface area contributed by atoms with Crippen LogP contribution in [0.2, 0.25) is 0 Å². The Labute approximate surface area is 118 Å². The molecule has 0 aliphatic rings. The van der Waals surface area contributed by atoms with Crippen molar-refractivity contribution in [2.75, 3.05) is 11.4 Å². The van der Waals surface area contributed by atoms with E-state index < -0.39 is 10.9 Å². The Bertz CT molecular complexity index is 512. The maximum absolute atomic E-state index is 11.3. The molecule has 0 spiro atoms. The molecule has 110 valence electrons. The highest BCUT2D eigenvalue weighted by molar-refractivity contribution is 5.95. The molecule has 1 aromatic carbocycles. The number of nitro benzene ring substituents is 1. The number of hydrogen-bond acceptors (Lipinski definition) is 4. The number of anilines is 1. The van der Waals surface area contributed by atoms with Crippen LogP contribution in [0.5, 0.6) is 0 Å². The Morgan fingerprint density at radius 1 is 1.35 bits per heavy atom. The minimum absolute atomic E-state index is 0.0532. The van der Waals surface area contributed by atoms with E-state index in [4.69, 9.17) is 0 Å². The number of rotatable bonds is 6. The van der Waals surface area contributed by atoms with Gasteiger partial charge in [-0.1, -0.05) is 13.8 Å². The minimum Gasteiger partial charge on any atom is -0.478 e. The third kappa shape index (κ3) is 3.69. The Kier molecular flexibility index (Phi) is 5.07. The van der Waals surface area contributed by atoms with E-state index in [2.05, 4.69) is 0 Å². The van der Waals surface area contributed by atoms with Gasteiger partial charge in [-0.3, -0.25) is 10.1 Å². The lowest BCUT2D eigenvalue weighted by Crippen LogP contribution is -2.35. The zero-order valence-electron chi connectivity index (χ0n) is 12.2. The lowest BCUT2D eigenvalue weighted by Gasteiger charge is -2.31. The van der Waals surface area contributed by atoms with E-state index in [9.17, 15) is 20.0 Å². The summed E-state index contributed by atoms with van der Waals surface area (Å²) < 4.78 is 0. The molecule has 0 saturated carbocycles. The first kappa shape index (κ1) is 15.9. The SMILES string of the molecule is CC(C)CN(c1cc([N+](=O)[O-])ccc1C(=O)O)C(C)C. The number of nitro groups is 1. The number of hydrogen-bond donors (Lipinski definition) is 1. The van der Waals surface area contributed by atoms with Gasteiger partial charge < -0.3 is 10.0 Å². The van der Waals surface area contributed by atoms with Gasteiger partial charge in [0.1, 0.15) is 0 Å². The molecule has 6 heteroatoms. The summed E-state index contributed by atoms with van der Waals surface area (Å²) in [4.78, 5) is 23.6. The number of aromatic carboxylic acids is 1. The molecule has 6 nitrogen and oxygen atoms in total. The van der Waals surface area contributed by atoms with Crippen LogP contribution in [0.25, 0.3) is 0 Å². The number of non-ortho nitro benzene ring substituents is 1. The first-order chi connectivity index (χ1) is 9.23. The second kappa shape index (κ2) is 6.36. The molecule has 0 radical (unpaired) electrons. The molecular formula is C14H20N2O4. The van der Waals surface area contributed by atoms with Crippen LogP contribution in [-0.4, -0.2) is 28.6 Å². The molecule has 1 aromatic rings. The largest absolute Gasteiger partial charge is 0.478 e. The van der Waals surface area contributed by atoms with Gasteiger partial charge in [-0.25, -0.2) is 4.79 Å². The third-order valence-electron chi connectivity index (χ3n) is 2.92. The molecule has 0 aromatic heterocycles. The van der Waals surface area contributed by atoms with Crippen molar-refractivity contribution >= 4 is 17.3 Å². The van der Waals surface area contributed by atoms with Crippen molar-refractivity contribution in [3.63, 3.8) is 0 Å². The monoisotopic (exact) mass is 280 g/mol. The Morgan fingerprint density at radius 3 is 2.35 bits per heavy atom. The summed E-state index contributed by atoms with van der Waals surface area (Å²) in [5, 5.41) is 20.2. The van der Waals surface area contributed by atoms with Crippen LogP contribution in [0.4, 0.5) is 11.4 Å². The molecule has 0 unspecified atom stereocenters. The summed E-state index contributed by atoms with van der Waals surface area (Å²) in [6, 6.07) is 3.91. The summed E-state index contributed by atoms with van der Waals surface area (Å²) in [5.74, 6) is -0.761. The van der Waals surface area contributed by atoms with Crippen molar-refractivity contribution in [3.05, 3.63) is 33.9 Å². The highest BCUT2D eigenvalue weighted by Gasteiger charge is 2.22. The molecule has 20 heavy (non-hydrogen) atoms. The van der Waals surface area contributed by atoms with Crippen molar-refractivity contribution < 1.29 is 14.8 Å². The van der Waals surface area contributed by atoms with Gasteiger partial charge in [-0.05, 0) is 25.8 Å². The van der Waals surface area contributed by atoms with Crippen molar-refractivity contribution in [1.29, 1.82) is 0 Å². The predicted molar refractivity (Wildman–Crippen MR) is 77.4 cm³/mol. The molecule has 0 aliphatic carbocycles. The number of benzene rings is 1. The highest BCUT2D eigenvalue weighted by atomic mass is 16.6. The molecule has 0 saturated heterocycles. The number of carboxylic acids is 1. The standard InChI is InChI=1S/C14H20N2O4/c1-9(2)8-15(10(3)4)13-7-11(16(19)20)5-6-12(13)14(17)18/h5-7,9-10H,8H2,1-4H3,(H,17,18). The molecule has 0 amide bonds. The Hall–Kier alpha value is -2.11. The summed E-state index contributed by atoms with van der Waals surface area (Å²) >= 11 is 0. The molecule has 1 rings (SSSR count). The molecule has 0 aliphatic heterocycles. The summed E-state index contributed by atoms with van der Waals surface area (Å²) in [6.45, 7) is 8.55. The fraction of sp³-hybridized carbons (Fsp3) is 0.500. The van der Waals surface area contributed by atoms with Crippen molar-refractivity contribution in [2.24, 2.45) is 5.92 Å².